The largest absolute Gasteiger partial charge is 0.462 e. The Balaban J connectivity index is 3.06. The van der Waals surface area contributed by atoms with Crippen LogP contribution in [-0.2, 0) is 38.0 Å². The van der Waals surface area contributed by atoms with Crippen molar-refractivity contribution in [1.29, 1.82) is 0 Å². The first-order valence-electron chi connectivity index (χ1n) is 15.6. The summed E-state index contributed by atoms with van der Waals surface area (Å²) in [7, 11) is 0. The maximum atomic E-state index is 11.2. The van der Waals surface area contributed by atoms with Crippen LogP contribution in [0.1, 0.15) is 90.4 Å². The average molecular weight is 577 g/mol. The Labute approximate surface area is 244 Å². The normalized spacial score (nSPS) is 11.2. The van der Waals surface area contributed by atoms with Crippen LogP contribution in [0.25, 0.3) is 0 Å². The molecule has 0 saturated heterocycles. The van der Waals surface area contributed by atoms with Crippen LogP contribution in [0.15, 0.2) is 12.2 Å². The lowest BCUT2D eigenvalue weighted by atomic mass is 10.3. The maximum absolute atomic E-state index is 11.2. The fourth-order valence-corrected chi connectivity index (χ4v) is 3.42. The van der Waals surface area contributed by atoms with Gasteiger partial charge in [0.05, 0.1) is 6.61 Å². The minimum absolute atomic E-state index is 0.248. The van der Waals surface area contributed by atoms with Crippen molar-refractivity contribution < 1.29 is 43.1 Å². The zero-order valence-corrected chi connectivity index (χ0v) is 25.5. The minimum Gasteiger partial charge on any atom is -0.462 e. The monoisotopic (exact) mass is 576 g/mol. The molecule has 0 amide bonds. The quantitative estimate of drug-likeness (QED) is 0.0624. The summed E-state index contributed by atoms with van der Waals surface area (Å²) in [5.41, 5.74) is 0.423. The Kier molecular flexibility index (Phi) is 33.2. The summed E-state index contributed by atoms with van der Waals surface area (Å²) in [5, 5.41) is 8.69. The Hall–Kier alpha value is -1.07. The number of hydrogen-bond donors (Lipinski definition) is 1. The zero-order valence-electron chi connectivity index (χ0n) is 25.5. The molecule has 0 aliphatic rings. The topological polar surface area (TPSA) is 102 Å². The number of hydrogen-bond acceptors (Lipinski definition) is 9. The smallest absolute Gasteiger partial charge is 0.333 e. The molecule has 0 spiro atoms. The van der Waals surface area contributed by atoms with E-state index in [-0.39, 0.29) is 12.6 Å². The van der Waals surface area contributed by atoms with Crippen LogP contribution in [0.3, 0.4) is 0 Å². The Morgan fingerprint density at radius 1 is 0.450 bits per heavy atom. The van der Waals surface area contributed by atoms with Gasteiger partial charge in [0.25, 0.3) is 0 Å². The number of esters is 1. The molecule has 0 aromatic heterocycles. The summed E-state index contributed by atoms with van der Waals surface area (Å²) in [4.78, 5) is 11.2. The number of carbonyl (C=O) groups is 1. The van der Waals surface area contributed by atoms with Gasteiger partial charge in [0.2, 0.25) is 0 Å². The first-order valence-corrected chi connectivity index (χ1v) is 15.6. The third-order valence-corrected chi connectivity index (χ3v) is 5.85. The van der Waals surface area contributed by atoms with Crippen LogP contribution in [0.2, 0.25) is 0 Å². The van der Waals surface area contributed by atoms with Crippen molar-refractivity contribution in [1.82, 2.24) is 0 Å². The SMILES string of the molecule is C=C(C)C(=O)OCCCOCCCCOCCCCOCCCCOCCCCOCCCCOCCCCO. The number of aliphatic hydroxyl groups is 1. The molecule has 0 bridgehead atoms. The van der Waals surface area contributed by atoms with Crippen LogP contribution < -0.4 is 0 Å². The van der Waals surface area contributed by atoms with Gasteiger partial charge in [0.1, 0.15) is 0 Å². The molecule has 0 atom stereocenters. The van der Waals surface area contributed by atoms with Gasteiger partial charge in [0.15, 0.2) is 0 Å². The maximum Gasteiger partial charge on any atom is 0.333 e. The number of unbranched alkanes of at least 4 members (excludes halogenated alkanes) is 6. The van der Waals surface area contributed by atoms with E-state index >= 15 is 0 Å². The molecule has 0 aliphatic heterocycles. The standard InChI is InChI=1S/C31H60O9/c1-30(2)31(33)40-29-15-28-39-27-14-13-26-38-25-12-11-24-37-23-10-9-22-36-21-8-7-20-35-19-6-5-18-34-17-4-3-16-32/h32H,1,3-29H2,2H3. The van der Waals surface area contributed by atoms with E-state index < -0.39 is 0 Å². The predicted octanol–water partition coefficient (Wildman–Crippen LogP) is 5.27. The van der Waals surface area contributed by atoms with Crippen LogP contribution in [0, 0.1) is 0 Å². The van der Waals surface area contributed by atoms with Gasteiger partial charge >= 0.3 is 5.97 Å². The second-order valence-corrected chi connectivity index (χ2v) is 9.91. The highest BCUT2D eigenvalue weighted by molar-refractivity contribution is 5.86. The summed E-state index contributed by atoms with van der Waals surface area (Å²) in [6, 6.07) is 0. The van der Waals surface area contributed by atoms with Crippen molar-refractivity contribution in [2.45, 2.75) is 90.4 Å². The molecule has 40 heavy (non-hydrogen) atoms. The van der Waals surface area contributed by atoms with E-state index in [0.717, 1.165) is 143 Å². The zero-order chi connectivity index (χ0) is 29.2. The predicted molar refractivity (Wildman–Crippen MR) is 158 cm³/mol. The van der Waals surface area contributed by atoms with E-state index in [4.69, 9.17) is 38.3 Å². The second-order valence-electron chi connectivity index (χ2n) is 9.91. The van der Waals surface area contributed by atoms with Crippen molar-refractivity contribution in [3.63, 3.8) is 0 Å². The van der Waals surface area contributed by atoms with Crippen molar-refractivity contribution in [3.05, 3.63) is 12.2 Å². The highest BCUT2D eigenvalue weighted by Crippen LogP contribution is 2.00. The summed E-state index contributed by atoms with van der Waals surface area (Å²) >= 11 is 0. The van der Waals surface area contributed by atoms with Gasteiger partial charge in [-0.15, -0.1) is 0 Å². The lowest BCUT2D eigenvalue weighted by molar-refractivity contribution is -0.139. The Bertz CT molecular complexity index is 531. The third-order valence-electron chi connectivity index (χ3n) is 5.85. The molecule has 9 nitrogen and oxygen atoms in total. The lowest BCUT2D eigenvalue weighted by Crippen LogP contribution is -2.08. The van der Waals surface area contributed by atoms with E-state index in [2.05, 4.69) is 6.58 Å². The van der Waals surface area contributed by atoms with Gasteiger partial charge in [0, 0.05) is 97.9 Å². The van der Waals surface area contributed by atoms with E-state index in [1.807, 2.05) is 0 Å². The molecule has 0 saturated carbocycles. The first-order chi connectivity index (χ1) is 19.7. The molecule has 0 aromatic carbocycles. The Morgan fingerprint density at radius 3 is 0.950 bits per heavy atom. The summed E-state index contributed by atoms with van der Waals surface area (Å²) in [5.74, 6) is -0.342. The van der Waals surface area contributed by atoms with Crippen molar-refractivity contribution in [3.8, 4) is 0 Å². The number of aliphatic hydroxyl groups excluding tert-OH is 1. The molecule has 9 heteroatoms. The van der Waals surface area contributed by atoms with Gasteiger partial charge in [-0.1, -0.05) is 6.58 Å². The van der Waals surface area contributed by atoms with Crippen molar-refractivity contribution in [2.75, 3.05) is 92.5 Å². The van der Waals surface area contributed by atoms with Gasteiger partial charge in [-0.2, -0.15) is 0 Å². The van der Waals surface area contributed by atoms with Gasteiger partial charge in [-0.3, -0.25) is 0 Å². The highest BCUT2D eigenvalue weighted by Gasteiger charge is 2.02. The number of ether oxygens (including phenoxy) is 7. The molecule has 0 radical (unpaired) electrons. The number of carbonyl (C=O) groups excluding carboxylic acids is 1. The van der Waals surface area contributed by atoms with Crippen LogP contribution in [-0.4, -0.2) is 104 Å². The van der Waals surface area contributed by atoms with Gasteiger partial charge < -0.3 is 38.3 Å². The van der Waals surface area contributed by atoms with Crippen molar-refractivity contribution >= 4 is 5.97 Å². The van der Waals surface area contributed by atoms with Gasteiger partial charge in [-0.25, -0.2) is 4.79 Å². The molecular formula is C31H60O9. The number of rotatable bonds is 34. The summed E-state index contributed by atoms with van der Waals surface area (Å²) in [6.07, 6.45) is 12.7. The molecule has 1 N–H and O–H groups in total. The second kappa shape index (κ2) is 34.1. The van der Waals surface area contributed by atoms with E-state index in [1.54, 1.807) is 6.92 Å². The summed E-state index contributed by atoms with van der Waals surface area (Å²) < 4.78 is 38.7. The molecule has 0 aliphatic carbocycles. The fraction of sp³-hybridized carbons (Fsp3) is 0.903. The van der Waals surface area contributed by atoms with Crippen molar-refractivity contribution in [2.24, 2.45) is 0 Å². The third kappa shape index (κ3) is 33.1. The molecule has 238 valence electrons. The van der Waals surface area contributed by atoms with Crippen LogP contribution in [0.5, 0.6) is 0 Å². The van der Waals surface area contributed by atoms with Crippen LogP contribution >= 0.6 is 0 Å². The fourth-order valence-electron chi connectivity index (χ4n) is 3.42. The van der Waals surface area contributed by atoms with E-state index in [9.17, 15) is 4.79 Å². The minimum atomic E-state index is -0.342. The Morgan fingerprint density at radius 2 is 0.700 bits per heavy atom. The average Bonchev–Trinajstić information content (AvgIpc) is 2.95. The first kappa shape index (κ1) is 38.9. The highest BCUT2D eigenvalue weighted by atomic mass is 16.5. The molecule has 0 aromatic rings. The molecule has 0 heterocycles. The van der Waals surface area contributed by atoms with Crippen LogP contribution in [0.4, 0.5) is 0 Å². The lowest BCUT2D eigenvalue weighted by Gasteiger charge is -2.07. The molecular weight excluding hydrogens is 516 g/mol. The molecule has 0 unspecified atom stereocenters. The molecule has 0 fully saturated rings. The molecule has 0 rings (SSSR count). The van der Waals surface area contributed by atoms with E-state index in [0.29, 0.717) is 31.8 Å². The van der Waals surface area contributed by atoms with Gasteiger partial charge in [-0.05, 0) is 84.0 Å². The summed E-state index contributed by atoms with van der Waals surface area (Å²) in [6.45, 7) is 14.9. The van der Waals surface area contributed by atoms with E-state index in [1.165, 1.54) is 0 Å².